The Morgan fingerprint density at radius 2 is 1.72 bits per heavy atom. The van der Waals surface area contributed by atoms with Crippen LogP contribution in [-0.4, -0.2) is 82.6 Å². The second-order valence-corrected chi connectivity index (χ2v) is 13.5. The molecule has 1 N–H and O–H groups in total. The van der Waals surface area contributed by atoms with E-state index in [4.69, 9.17) is 9.47 Å². The van der Waals surface area contributed by atoms with Gasteiger partial charge in [-0.3, -0.25) is 14.4 Å². The number of ether oxygens (including phenoxy) is 2. The first-order valence-corrected chi connectivity index (χ1v) is 16.9. The number of hydrogen-bond donors (Lipinski definition) is 1. The number of anilines is 2. The number of aliphatic hydroxyl groups excluding tert-OH is 1. The molecular weight excluding hydrogens is 650 g/mol. The van der Waals surface area contributed by atoms with Crippen molar-refractivity contribution >= 4 is 45.0 Å². The topological polar surface area (TPSA) is 99.6 Å². The van der Waals surface area contributed by atoms with Crippen molar-refractivity contribution in [3.05, 3.63) is 78.9 Å². The Labute approximate surface area is 280 Å². The Morgan fingerprint density at radius 3 is 2.28 bits per heavy atom. The van der Waals surface area contributed by atoms with Crippen LogP contribution in [0.3, 0.4) is 0 Å². The molecular formula is C36H44BrN3O6. The van der Waals surface area contributed by atoms with Crippen molar-refractivity contribution in [3.8, 4) is 5.75 Å². The van der Waals surface area contributed by atoms with Crippen molar-refractivity contribution in [2.24, 2.45) is 11.8 Å². The van der Waals surface area contributed by atoms with Gasteiger partial charge in [-0.25, -0.2) is 0 Å². The second kappa shape index (κ2) is 13.7. The molecule has 0 radical (unpaired) electrons. The van der Waals surface area contributed by atoms with Crippen LogP contribution in [0.25, 0.3) is 0 Å². The fourth-order valence-electron chi connectivity index (χ4n) is 7.76. The smallest absolute Gasteiger partial charge is 0.253 e. The van der Waals surface area contributed by atoms with Crippen LogP contribution >= 0.6 is 15.9 Å². The highest BCUT2D eigenvalue weighted by Gasteiger charge is 2.77. The van der Waals surface area contributed by atoms with Gasteiger partial charge in [0.25, 0.3) is 5.91 Å². The number of hydrogen-bond acceptors (Lipinski definition) is 6. The van der Waals surface area contributed by atoms with Crippen molar-refractivity contribution in [3.63, 3.8) is 0 Å². The average Bonchev–Trinajstić information content (AvgIpc) is 3.63. The van der Waals surface area contributed by atoms with E-state index in [1.807, 2.05) is 58.0 Å². The average molecular weight is 695 g/mol. The largest absolute Gasteiger partial charge is 0.494 e. The molecule has 10 heteroatoms. The molecule has 0 saturated carbocycles. The number of carbonyl (C=O) groups excluding carboxylic acids is 3. The van der Waals surface area contributed by atoms with Crippen LogP contribution in [0.1, 0.15) is 37.8 Å². The summed E-state index contributed by atoms with van der Waals surface area (Å²) in [5.41, 5.74) is 1.94. The van der Waals surface area contributed by atoms with Crippen molar-refractivity contribution < 1.29 is 29.0 Å². The van der Waals surface area contributed by atoms with E-state index in [-0.39, 0.29) is 42.2 Å². The summed E-state index contributed by atoms with van der Waals surface area (Å²) in [7, 11) is 0. The Hall–Kier alpha value is -3.47. The minimum absolute atomic E-state index is 0.216. The van der Waals surface area contributed by atoms with E-state index in [1.165, 1.54) is 4.90 Å². The SMILES string of the molecule is C=CCN(C(=O)[C@H]1[C@H]2C(=O)N([C@@H](CC)CO)C(C(=O)N(CC=C)c3c(C)cccc3C)C23CC(Br)[C@@H]1O3)c1ccc(OCC)cc1. The third kappa shape index (κ3) is 5.48. The number of likely N-dealkylation sites (tertiary alicyclic amines) is 1. The Kier molecular flexibility index (Phi) is 10.1. The van der Waals surface area contributed by atoms with E-state index in [9.17, 15) is 19.5 Å². The van der Waals surface area contributed by atoms with Gasteiger partial charge in [-0.05, 0) is 69.0 Å². The molecule has 3 saturated heterocycles. The lowest BCUT2D eigenvalue weighted by atomic mass is 9.70. The number of benzene rings is 2. The predicted octanol–water partition coefficient (Wildman–Crippen LogP) is 4.96. The number of aliphatic hydroxyl groups is 1. The van der Waals surface area contributed by atoms with E-state index in [1.54, 1.807) is 34.1 Å². The molecule has 2 aromatic rings. The van der Waals surface area contributed by atoms with E-state index in [0.29, 0.717) is 30.9 Å². The number of alkyl halides is 1. The molecule has 3 heterocycles. The van der Waals surface area contributed by atoms with Crippen LogP contribution in [0.2, 0.25) is 0 Å². The molecule has 0 aliphatic carbocycles. The molecule has 3 aliphatic heterocycles. The van der Waals surface area contributed by atoms with Crippen molar-refractivity contribution in [1.29, 1.82) is 0 Å². The van der Waals surface area contributed by atoms with Gasteiger partial charge in [0.1, 0.15) is 17.4 Å². The van der Waals surface area contributed by atoms with Gasteiger partial charge in [-0.1, -0.05) is 53.2 Å². The van der Waals surface area contributed by atoms with Crippen LogP contribution in [0.4, 0.5) is 11.4 Å². The first-order chi connectivity index (χ1) is 22.1. The summed E-state index contributed by atoms with van der Waals surface area (Å²) in [4.78, 5) is 48.8. The van der Waals surface area contributed by atoms with E-state index < -0.39 is 35.6 Å². The zero-order valence-corrected chi connectivity index (χ0v) is 28.6. The molecule has 3 aliphatic rings. The molecule has 9 nitrogen and oxygen atoms in total. The summed E-state index contributed by atoms with van der Waals surface area (Å²) >= 11 is 3.78. The molecule has 246 valence electrons. The highest BCUT2D eigenvalue weighted by molar-refractivity contribution is 9.09. The predicted molar refractivity (Wildman–Crippen MR) is 182 cm³/mol. The molecule has 3 unspecified atom stereocenters. The summed E-state index contributed by atoms with van der Waals surface area (Å²) in [6.45, 7) is 16.1. The quantitative estimate of drug-likeness (QED) is 0.235. The molecule has 5 rings (SSSR count). The molecule has 3 fully saturated rings. The molecule has 0 aromatic heterocycles. The first-order valence-electron chi connectivity index (χ1n) is 16.0. The Balaban J connectivity index is 1.61. The van der Waals surface area contributed by atoms with E-state index in [0.717, 1.165) is 16.8 Å². The lowest BCUT2D eigenvalue weighted by molar-refractivity contribution is -0.144. The number of rotatable bonds is 13. The minimum Gasteiger partial charge on any atom is -0.494 e. The van der Waals surface area contributed by atoms with Gasteiger partial charge in [-0.15, -0.1) is 13.2 Å². The number of fused-ring (bicyclic) bond motifs is 1. The normalized spacial score (nSPS) is 26.9. The molecule has 46 heavy (non-hydrogen) atoms. The number of nitrogens with zero attached hydrogens (tertiary/aromatic N) is 3. The van der Waals surface area contributed by atoms with Crippen molar-refractivity contribution in [1.82, 2.24) is 4.90 Å². The lowest BCUT2D eigenvalue weighted by Crippen LogP contribution is -2.59. The molecule has 1 spiro atoms. The maximum absolute atomic E-state index is 15.0. The summed E-state index contributed by atoms with van der Waals surface area (Å²) in [5.74, 6) is -2.02. The summed E-state index contributed by atoms with van der Waals surface area (Å²) in [5, 5.41) is 10.5. The second-order valence-electron chi connectivity index (χ2n) is 12.3. The van der Waals surface area contributed by atoms with Crippen LogP contribution in [0, 0.1) is 25.7 Å². The lowest BCUT2D eigenvalue weighted by Gasteiger charge is -2.39. The number of aryl methyl sites for hydroxylation is 2. The fraction of sp³-hybridized carbons (Fsp3) is 0.472. The highest BCUT2D eigenvalue weighted by Crippen LogP contribution is 2.61. The number of carbonyl (C=O) groups is 3. The van der Waals surface area contributed by atoms with Crippen molar-refractivity contribution in [2.75, 3.05) is 36.1 Å². The third-order valence-electron chi connectivity index (χ3n) is 9.65. The van der Waals surface area contributed by atoms with Crippen LogP contribution in [-0.2, 0) is 19.1 Å². The summed E-state index contributed by atoms with van der Waals surface area (Å²) in [6.07, 6.45) is 3.48. The molecule has 7 atom stereocenters. The number of halogens is 1. The molecule has 2 aromatic carbocycles. The first kappa shape index (κ1) is 33.9. The summed E-state index contributed by atoms with van der Waals surface area (Å²) in [6, 6.07) is 11.4. The van der Waals surface area contributed by atoms with Gasteiger partial charge in [-0.2, -0.15) is 0 Å². The molecule has 2 bridgehead atoms. The zero-order valence-electron chi connectivity index (χ0n) is 27.0. The van der Waals surface area contributed by atoms with E-state index in [2.05, 4.69) is 29.1 Å². The van der Waals surface area contributed by atoms with Gasteiger partial charge >= 0.3 is 0 Å². The monoisotopic (exact) mass is 693 g/mol. The zero-order chi connectivity index (χ0) is 33.3. The highest BCUT2D eigenvalue weighted by atomic mass is 79.9. The Bertz CT molecular complexity index is 1470. The maximum Gasteiger partial charge on any atom is 0.253 e. The minimum atomic E-state index is -1.27. The van der Waals surface area contributed by atoms with Gasteiger partial charge in [0.15, 0.2) is 0 Å². The van der Waals surface area contributed by atoms with Crippen LogP contribution in [0.15, 0.2) is 67.8 Å². The van der Waals surface area contributed by atoms with Gasteiger partial charge in [0, 0.05) is 29.3 Å². The fourth-order valence-corrected chi connectivity index (χ4v) is 8.70. The van der Waals surface area contributed by atoms with Crippen LogP contribution in [0.5, 0.6) is 5.75 Å². The van der Waals surface area contributed by atoms with E-state index >= 15 is 0 Å². The Morgan fingerprint density at radius 1 is 1.09 bits per heavy atom. The van der Waals surface area contributed by atoms with Crippen molar-refractivity contribution in [2.45, 2.75) is 69.2 Å². The standard InChI is InChI=1S/C36H44BrN3O6/c1-7-18-38(25-14-16-26(17-15-25)45-10-4)33(42)28-29-34(43)40(24(9-3)21-41)32(36(29)20-27(37)31(28)46-36)35(44)39(19-8-2)30-22(5)12-11-13-23(30)6/h7-8,11-17,24,27-29,31-32,41H,1-2,9-10,18-21H2,3-6H3/t24-,27?,28-,29-,31-,32?,36?/m0/s1. The van der Waals surface area contributed by atoms with Gasteiger partial charge < -0.3 is 29.3 Å². The van der Waals surface area contributed by atoms with Crippen LogP contribution < -0.4 is 14.5 Å². The number of amides is 3. The van der Waals surface area contributed by atoms with Gasteiger partial charge in [0.2, 0.25) is 11.8 Å². The molecule has 3 amide bonds. The van der Waals surface area contributed by atoms with Gasteiger partial charge in [0.05, 0.1) is 37.2 Å². The third-order valence-corrected chi connectivity index (χ3v) is 10.5. The maximum atomic E-state index is 15.0. The number of para-hydroxylation sites is 1. The summed E-state index contributed by atoms with van der Waals surface area (Å²) < 4.78 is 12.4.